The quantitative estimate of drug-likeness (QED) is 0.838. The first kappa shape index (κ1) is 10.4. The third-order valence-electron chi connectivity index (χ3n) is 2.47. The number of carbonyl (C=O) groups is 1. The van der Waals surface area contributed by atoms with Crippen LogP contribution in [0.1, 0.15) is 16.1 Å². The summed E-state index contributed by atoms with van der Waals surface area (Å²) in [6.45, 7) is 1.92. The maximum absolute atomic E-state index is 10.9. The highest BCUT2D eigenvalue weighted by Gasteiger charge is 2.12. The zero-order valence-corrected chi connectivity index (χ0v) is 9.02. The molecule has 1 aromatic carbocycles. The van der Waals surface area contributed by atoms with E-state index in [1.165, 1.54) is 7.11 Å². The Morgan fingerprint density at radius 2 is 2.12 bits per heavy atom. The zero-order chi connectivity index (χ0) is 11.7. The van der Waals surface area contributed by atoms with E-state index in [2.05, 4.69) is 4.98 Å². The van der Waals surface area contributed by atoms with Gasteiger partial charge in [-0.15, -0.1) is 0 Å². The van der Waals surface area contributed by atoms with Gasteiger partial charge in [-0.3, -0.25) is 0 Å². The average molecular weight is 217 g/mol. The number of ether oxygens (including phenoxy) is 1. The smallest absolute Gasteiger partial charge is 0.354 e. The van der Waals surface area contributed by atoms with Crippen molar-refractivity contribution in [2.75, 3.05) is 7.11 Å². The number of rotatable bonds is 2. The van der Waals surface area contributed by atoms with Gasteiger partial charge in [0.05, 0.1) is 7.11 Å². The van der Waals surface area contributed by atoms with Gasteiger partial charge in [0.15, 0.2) is 5.69 Å². The molecule has 0 spiro atoms. The van der Waals surface area contributed by atoms with Gasteiger partial charge < -0.3 is 9.84 Å². The Kier molecular flexibility index (Phi) is 2.48. The van der Waals surface area contributed by atoms with E-state index in [9.17, 15) is 4.79 Å². The lowest BCUT2D eigenvalue weighted by Crippen LogP contribution is -2.02. The largest absolute Gasteiger partial charge is 0.481 e. The van der Waals surface area contributed by atoms with Gasteiger partial charge in [0, 0.05) is 5.39 Å². The van der Waals surface area contributed by atoms with E-state index in [0.717, 1.165) is 16.3 Å². The lowest BCUT2D eigenvalue weighted by molar-refractivity contribution is 0.0690. The standard InChI is InChI=1S/C12H11NO3/c1-7-4-3-5-8-9(7)6-10(12(14)15)13-11(8)16-2/h3-6H,1-2H3,(H,14,15). The molecule has 2 rings (SSSR count). The third-order valence-corrected chi connectivity index (χ3v) is 2.47. The molecule has 1 heterocycles. The minimum absolute atomic E-state index is 0.00125. The Hall–Kier alpha value is -2.10. The molecule has 0 aliphatic rings. The summed E-state index contributed by atoms with van der Waals surface area (Å²) in [4.78, 5) is 14.8. The summed E-state index contributed by atoms with van der Waals surface area (Å²) in [6, 6.07) is 7.24. The highest BCUT2D eigenvalue weighted by Crippen LogP contribution is 2.26. The monoisotopic (exact) mass is 217 g/mol. The van der Waals surface area contributed by atoms with Crippen LogP contribution >= 0.6 is 0 Å². The van der Waals surface area contributed by atoms with E-state index in [-0.39, 0.29) is 5.69 Å². The minimum atomic E-state index is -1.05. The molecule has 82 valence electrons. The molecule has 4 nitrogen and oxygen atoms in total. The number of carboxylic acid groups (broad SMARTS) is 1. The van der Waals surface area contributed by atoms with Crippen LogP contribution in [0.25, 0.3) is 10.8 Å². The number of aromatic carboxylic acids is 1. The van der Waals surface area contributed by atoms with Crippen molar-refractivity contribution in [2.45, 2.75) is 6.92 Å². The van der Waals surface area contributed by atoms with Crippen molar-refractivity contribution >= 4 is 16.7 Å². The van der Waals surface area contributed by atoms with E-state index in [1.807, 2.05) is 25.1 Å². The number of carboxylic acids is 1. The maximum atomic E-state index is 10.9. The molecule has 0 amide bonds. The number of pyridine rings is 1. The predicted octanol–water partition coefficient (Wildman–Crippen LogP) is 2.25. The molecule has 0 aliphatic heterocycles. The SMILES string of the molecule is COc1nc(C(=O)O)cc2c(C)cccc12. The molecule has 16 heavy (non-hydrogen) atoms. The van der Waals surface area contributed by atoms with Crippen LogP contribution in [0.4, 0.5) is 0 Å². The summed E-state index contributed by atoms with van der Waals surface area (Å²) in [7, 11) is 1.48. The number of aryl methyl sites for hydroxylation is 1. The fourth-order valence-electron chi connectivity index (χ4n) is 1.66. The second kappa shape index (κ2) is 3.81. The molecule has 0 radical (unpaired) electrons. The molecule has 0 bridgehead atoms. The van der Waals surface area contributed by atoms with Crippen LogP contribution in [0.2, 0.25) is 0 Å². The number of methoxy groups -OCH3 is 1. The van der Waals surface area contributed by atoms with Gasteiger partial charge in [-0.05, 0) is 30.0 Å². The van der Waals surface area contributed by atoms with Crippen molar-refractivity contribution in [1.82, 2.24) is 4.98 Å². The topological polar surface area (TPSA) is 59.4 Å². The molecule has 0 fully saturated rings. The van der Waals surface area contributed by atoms with Gasteiger partial charge in [0.1, 0.15) is 0 Å². The van der Waals surface area contributed by atoms with E-state index < -0.39 is 5.97 Å². The van der Waals surface area contributed by atoms with Crippen LogP contribution in [0.5, 0.6) is 5.88 Å². The minimum Gasteiger partial charge on any atom is -0.481 e. The lowest BCUT2D eigenvalue weighted by atomic mass is 10.1. The molecular weight excluding hydrogens is 206 g/mol. The average Bonchev–Trinajstić information content (AvgIpc) is 2.28. The maximum Gasteiger partial charge on any atom is 0.354 e. The van der Waals surface area contributed by atoms with Crippen molar-refractivity contribution in [3.8, 4) is 5.88 Å². The number of fused-ring (bicyclic) bond motifs is 1. The van der Waals surface area contributed by atoms with Crippen molar-refractivity contribution in [3.63, 3.8) is 0 Å². The molecule has 1 N–H and O–H groups in total. The summed E-state index contributed by atoms with van der Waals surface area (Å²) in [6.07, 6.45) is 0. The first-order chi connectivity index (χ1) is 7.63. The zero-order valence-electron chi connectivity index (χ0n) is 9.02. The van der Waals surface area contributed by atoms with Gasteiger partial charge in [-0.2, -0.15) is 0 Å². The Labute approximate surface area is 92.5 Å². The summed E-state index contributed by atoms with van der Waals surface area (Å²) < 4.78 is 5.10. The number of nitrogens with zero attached hydrogens (tertiary/aromatic N) is 1. The summed E-state index contributed by atoms with van der Waals surface area (Å²) >= 11 is 0. The van der Waals surface area contributed by atoms with E-state index in [0.29, 0.717) is 5.88 Å². The second-order valence-corrected chi connectivity index (χ2v) is 3.49. The highest BCUT2D eigenvalue weighted by atomic mass is 16.5. The molecule has 4 heteroatoms. The molecule has 0 unspecified atom stereocenters. The van der Waals surface area contributed by atoms with E-state index in [4.69, 9.17) is 9.84 Å². The predicted molar refractivity (Wildman–Crippen MR) is 60.0 cm³/mol. The summed E-state index contributed by atoms with van der Waals surface area (Å²) in [5, 5.41) is 10.6. The second-order valence-electron chi connectivity index (χ2n) is 3.49. The van der Waals surface area contributed by atoms with Crippen LogP contribution in [-0.2, 0) is 0 Å². The van der Waals surface area contributed by atoms with Crippen LogP contribution in [-0.4, -0.2) is 23.2 Å². The molecule has 1 aromatic heterocycles. The number of aromatic nitrogens is 1. The van der Waals surface area contributed by atoms with Crippen molar-refractivity contribution in [2.24, 2.45) is 0 Å². The van der Waals surface area contributed by atoms with Gasteiger partial charge in [-0.1, -0.05) is 12.1 Å². The number of hydrogen-bond acceptors (Lipinski definition) is 3. The fraction of sp³-hybridized carbons (Fsp3) is 0.167. The van der Waals surface area contributed by atoms with Gasteiger partial charge in [0.25, 0.3) is 0 Å². The normalized spacial score (nSPS) is 10.4. The molecule has 0 saturated carbocycles. The molecule has 0 saturated heterocycles. The molecule has 0 atom stereocenters. The number of benzene rings is 1. The Morgan fingerprint density at radius 3 is 2.75 bits per heavy atom. The van der Waals surface area contributed by atoms with Crippen LogP contribution in [0, 0.1) is 6.92 Å². The Bertz CT molecular complexity index is 563. The van der Waals surface area contributed by atoms with Crippen molar-refractivity contribution in [1.29, 1.82) is 0 Å². The lowest BCUT2D eigenvalue weighted by Gasteiger charge is -2.07. The summed E-state index contributed by atoms with van der Waals surface area (Å²) in [5.41, 5.74) is 0.999. The first-order valence-corrected chi connectivity index (χ1v) is 4.81. The van der Waals surface area contributed by atoms with Crippen molar-refractivity contribution < 1.29 is 14.6 Å². The van der Waals surface area contributed by atoms with Crippen LogP contribution in [0.3, 0.4) is 0 Å². The highest BCUT2D eigenvalue weighted by molar-refractivity contribution is 5.96. The molecule has 0 aliphatic carbocycles. The van der Waals surface area contributed by atoms with Gasteiger partial charge >= 0.3 is 5.97 Å². The van der Waals surface area contributed by atoms with Crippen LogP contribution in [0.15, 0.2) is 24.3 Å². The van der Waals surface area contributed by atoms with Crippen LogP contribution < -0.4 is 4.74 Å². The molecule has 2 aromatic rings. The van der Waals surface area contributed by atoms with Crippen molar-refractivity contribution in [3.05, 3.63) is 35.5 Å². The first-order valence-electron chi connectivity index (χ1n) is 4.81. The Morgan fingerprint density at radius 1 is 1.38 bits per heavy atom. The van der Waals surface area contributed by atoms with E-state index in [1.54, 1.807) is 6.07 Å². The number of hydrogen-bond donors (Lipinski definition) is 1. The summed E-state index contributed by atoms with van der Waals surface area (Å²) in [5.74, 6) is -0.706. The van der Waals surface area contributed by atoms with Gasteiger partial charge in [0.2, 0.25) is 5.88 Å². The van der Waals surface area contributed by atoms with Gasteiger partial charge in [-0.25, -0.2) is 9.78 Å². The molecular formula is C12H11NO3. The fourth-order valence-corrected chi connectivity index (χ4v) is 1.66. The third kappa shape index (κ3) is 1.58. The van der Waals surface area contributed by atoms with E-state index >= 15 is 0 Å². The Balaban J connectivity index is 2.84.